The Morgan fingerprint density at radius 3 is 2.67 bits per heavy atom. The number of carbonyl (C=O) groups excluding carboxylic acids is 2. The molecule has 3 aliphatic heterocycles. The molecule has 0 radical (unpaired) electrons. The van der Waals surface area contributed by atoms with E-state index < -0.39 is 11.6 Å². The molecule has 1 aromatic rings. The summed E-state index contributed by atoms with van der Waals surface area (Å²) in [7, 11) is 0. The Hall–Kier alpha value is -2.38. The number of nitrogens with one attached hydrogen (secondary N) is 1. The summed E-state index contributed by atoms with van der Waals surface area (Å²) in [6.07, 6.45) is 4.10. The van der Waals surface area contributed by atoms with E-state index in [1.807, 2.05) is 4.90 Å². The molecule has 1 aromatic heterocycles. The molecule has 3 fully saturated rings. The van der Waals surface area contributed by atoms with Gasteiger partial charge in [0.05, 0.1) is 19.3 Å². The van der Waals surface area contributed by atoms with E-state index in [-0.39, 0.29) is 17.8 Å². The zero-order chi connectivity index (χ0) is 16.7. The lowest BCUT2D eigenvalue weighted by Gasteiger charge is -2.48. The predicted molar refractivity (Wildman–Crippen MR) is 81.9 cm³/mol. The van der Waals surface area contributed by atoms with Gasteiger partial charge in [0.25, 0.3) is 0 Å². The summed E-state index contributed by atoms with van der Waals surface area (Å²) in [4.78, 5) is 31.1. The fourth-order valence-corrected chi connectivity index (χ4v) is 3.74. The van der Waals surface area contributed by atoms with Crippen LogP contribution in [0.5, 0.6) is 0 Å². The smallest absolute Gasteiger partial charge is 0.407 e. The van der Waals surface area contributed by atoms with Gasteiger partial charge in [-0.05, 0) is 30.4 Å². The second-order valence-corrected chi connectivity index (χ2v) is 6.82. The van der Waals surface area contributed by atoms with Gasteiger partial charge in [0.15, 0.2) is 0 Å². The summed E-state index contributed by atoms with van der Waals surface area (Å²) < 4.78 is 18.2. The van der Waals surface area contributed by atoms with Crippen molar-refractivity contribution in [3.8, 4) is 0 Å². The Kier molecular flexibility index (Phi) is 3.54. The molecule has 4 heterocycles. The topological polar surface area (TPSA) is 74.8 Å². The van der Waals surface area contributed by atoms with Crippen molar-refractivity contribution in [2.24, 2.45) is 0 Å². The van der Waals surface area contributed by atoms with Crippen LogP contribution in [0.15, 0.2) is 18.5 Å². The number of carbonyl (C=O) groups is 2. The van der Waals surface area contributed by atoms with Crippen LogP contribution in [-0.2, 0) is 4.74 Å². The molecule has 4 rings (SSSR count). The molecule has 0 aromatic carbocycles. The number of amides is 3. The summed E-state index contributed by atoms with van der Waals surface area (Å²) in [5.74, 6) is -0.0831. The van der Waals surface area contributed by atoms with E-state index in [9.17, 15) is 14.0 Å². The predicted octanol–water partition coefficient (Wildman–Crippen LogP) is 1.31. The van der Waals surface area contributed by atoms with Gasteiger partial charge in [-0.15, -0.1) is 0 Å². The maximum absolute atomic E-state index is 13.3. The number of hydrogen-bond acceptors (Lipinski definition) is 4. The number of ether oxygens (including phenoxy) is 1. The van der Waals surface area contributed by atoms with Crippen LogP contribution in [0, 0.1) is 5.82 Å². The van der Waals surface area contributed by atoms with Crippen LogP contribution in [0.2, 0.25) is 0 Å². The Balaban J connectivity index is 1.30. The van der Waals surface area contributed by atoms with Crippen molar-refractivity contribution >= 4 is 12.1 Å². The molecule has 8 heteroatoms. The largest absolute Gasteiger partial charge is 0.447 e. The number of rotatable bonds is 1. The number of likely N-dealkylation sites (tertiary alicyclic amines) is 2. The summed E-state index contributed by atoms with van der Waals surface area (Å²) in [5.41, 5.74) is 0.508. The zero-order valence-corrected chi connectivity index (χ0v) is 13.2. The fourth-order valence-electron chi connectivity index (χ4n) is 3.74. The highest BCUT2D eigenvalue weighted by Crippen LogP contribution is 2.31. The van der Waals surface area contributed by atoms with Crippen LogP contribution in [0.1, 0.15) is 24.3 Å². The first-order chi connectivity index (χ1) is 11.5. The number of urea groups is 1. The highest BCUT2D eigenvalue weighted by atomic mass is 19.1. The molecule has 7 nitrogen and oxygen atoms in total. The lowest BCUT2D eigenvalue weighted by molar-refractivity contribution is 0.0492. The molecule has 0 saturated carbocycles. The minimum atomic E-state index is -0.411. The van der Waals surface area contributed by atoms with Gasteiger partial charge in [-0.1, -0.05) is 0 Å². The molecule has 0 unspecified atom stereocenters. The van der Waals surface area contributed by atoms with Crippen LogP contribution in [0.25, 0.3) is 0 Å². The summed E-state index contributed by atoms with van der Waals surface area (Å²) in [6.45, 7) is 2.60. The number of cyclic esters (lactones) is 1. The summed E-state index contributed by atoms with van der Waals surface area (Å²) in [6, 6.07) is 1.52. The summed E-state index contributed by atoms with van der Waals surface area (Å²) >= 11 is 0. The van der Waals surface area contributed by atoms with E-state index in [1.165, 1.54) is 12.3 Å². The molecule has 3 aliphatic rings. The Bertz CT molecular complexity index is 669. The van der Waals surface area contributed by atoms with Crippen molar-refractivity contribution in [1.82, 2.24) is 20.1 Å². The van der Waals surface area contributed by atoms with Gasteiger partial charge in [-0.3, -0.25) is 4.98 Å². The van der Waals surface area contributed by atoms with Gasteiger partial charge in [-0.2, -0.15) is 0 Å². The lowest BCUT2D eigenvalue weighted by atomic mass is 9.89. The van der Waals surface area contributed by atoms with Gasteiger partial charge in [0, 0.05) is 19.3 Å². The molecular weight excluding hydrogens is 315 g/mol. The van der Waals surface area contributed by atoms with E-state index in [4.69, 9.17) is 4.74 Å². The standard InChI is InChI=1S/C16H19FN4O3/c17-13-5-12(6-18-7-13)11-1-3-20(4-2-11)15(23)21-8-16(9-21)10-24-14(22)19-16/h5-7,11H,1-4,8-10H2,(H,19,22). The van der Waals surface area contributed by atoms with Gasteiger partial charge in [0.1, 0.15) is 18.0 Å². The third-order valence-corrected chi connectivity index (χ3v) is 5.07. The Morgan fingerprint density at radius 1 is 1.29 bits per heavy atom. The number of aromatic nitrogens is 1. The second-order valence-electron chi connectivity index (χ2n) is 6.82. The molecule has 0 bridgehead atoms. The van der Waals surface area contributed by atoms with Crippen LogP contribution in [-0.4, -0.2) is 65.2 Å². The van der Waals surface area contributed by atoms with Crippen LogP contribution in [0.3, 0.4) is 0 Å². The monoisotopic (exact) mass is 334 g/mol. The highest BCUT2D eigenvalue weighted by molar-refractivity contribution is 5.78. The SMILES string of the molecule is O=C1NC2(CO1)CN(C(=O)N1CCC(c3cncc(F)c3)CC1)C2. The molecule has 0 atom stereocenters. The molecule has 1 spiro atoms. The molecule has 1 N–H and O–H groups in total. The Morgan fingerprint density at radius 2 is 2.04 bits per heavy atom. The van der Waals surface area contributed by atoms with Crippen molar-refractivity contribution in [2.75, 3.05) is 32.8 Å². The van der Waals surface area contributed by atoms with Crippen LogP contribution in [0.4, 0.5) is 14.0 Å². The maximum Gasteiger partial charge on any atom is 0.407 e. The maximum atomic E-state index is 13.3. The number of alkyl carbamates (subject to hydrolysis) is 1. The molecule has 3 amide bonds. The fraction of sp³-hybridized carbons (Fsp3) is 0.562. The minimum absolute atomic E-state index is 0.00223. The zero-order valence-electron chi connectivity index (χ0n) is 13.2. The first-order valence-corrected chi connectivity index (χ1v) is 8.14. The third-order valence-electron chi connectivity index (χ3n) is 5.07. The molecule has 0 aliphatic carbocycles. The number of nitrogens with zero attached hydrogens (tertiary/aromatic N) is 3. The van der Waals surface area contributed by atoms with E-state index in [1.54, 1.807) is 11.1 Å². The van der Waals surface area contributed by atoms with E-state index in [0.29, 0.717) is 32.8 Å². The van der Waals surface area contributed by atoms with Gasteiger partial charge < -0.3 is 19.9 Å². The van der Waals surface area contributed by atoms with Crippen molar-refractivity contribution in [2.45, 2.75) is 24.3 Å². The van der Waals surface area contributed by atoms with E-state index >= 15 is 0 Å². The highest BCUT2D eigenvalue weighted by Gasteiger charge is 2.52. The van der Waals surface area contributed by atoms with Gasteiger partial charge >= 0.3 is 12.1 Å². The number of halogens is 1. The molecule has 24 heavy (non-hydrogen) atoms. The minimum Gasteiger partial charge on any atom is -0.447 e. The van der Waals surface area contributed by atoms with Gasteiger partial charge in [-0.25, -0.2) is 14.0 Å². The van der Waals surface area contributed by atoms with Crippen molar-refractivity contribution in [3.05, 3.63) is 29.8 Å². The van der Waals surface area contributed by atoms with E-state index in [0.717, 1.165) is 18.4 Å². The average Bonchev–Trinajstić information content (AvgIpc) is 2.95. The quantitative estimate of drug-likeness (QED) is 0.840. The van der Waals surface area contributed by atoms with Gasteiger partial charge in [0.2, 0.25) is 0 Å². The first-order valence-electron chi connectivity index (χ1n) is 8.14. The number of piperidine rings is 1. The number of pyridine rings is 1. The molecule has 3 saturated heterocycles. The second kappa shape index (κ2) is 5.61. The normalized spacial score (nSPS) is 23.0. The average molecular weight is 334 g/mol. The Labute approximate surface area is 138 Å². The molecular formula is C16H19FN4O3. The van der Waals surface area contributed by atoms with Crippen molar-refractivity contribution < 1.29 is 18.7 Å². The summed E-state index contributed by atoms with van der Waals surface area (Å²) in [5, 5.41) is 2.77. The van der Waals surface area contributed by atoms with Crippen LogP contribution >= 0.6 is 0 Å². The van der Waals surface area contributed by atoms with Crippen molar-refractivity contribution in [3.63, 3.8) is 0 Å². The van der Waals surface area contributed by atoms with E-state index in [2.05, 4.69) is 10.3 Å². The lowest BCUT2D eigenvalue weighted by Crippen LogP contribution is -2.71. The third kappa shape index (κ3) is 2.65. The van der Waals surface area contributed by atoms with Crippen LogP contribution < -0.4 is 5.32 Å². The molecule has 128 valence electrons. The number of hydrogen-bond donors (Lipinski definition) is 1. The first kappa shape index (κ1) is 15.2. The van der Waals surface area contributed by atoms with Crippen molar-refractivity contribution in [1.29, 1.82) is 0 Å².